The second-order valence-corrected chi connectivity index (χ2v) is 4.59. The minimum absolute atomic E-state index is 0.0653. The molecule has 5 nitrogen and oxygen atoms in total. The maximum atomic E-state index is 5.78. The molecule has 1 atom stereocenters. The summed E-state index contributed by atoms with van der Waals surface area (Å²) in [5, 5.41) is 12.0. The standard InChI is InChI=1S/C10H13N5S/c1-7(11)8-3-5-9(6-4-8)16-10-12-13-14-15(10)2/h3-7H,11H2,1-2H3/t7-/m1/s1. The van der Waals surface area contributed by atoms with Crippen LogP contribution in [0.25, 0.3) is 0 Å². The molecular formula is C10H13N5S. The number of benzene rings is 1. The smallest absolute Gasteiger partial charge is 0.213 e. The molecule has 0 aliphatic rings. The molecule has 0 aliphatic heterocycles. The van der Waals surface area contributed by atoms with Crippen LogP contribution in [0.1, 0.15) is 18.5 Å². The molecule has 0 aliphatic carbocycles. The Hall–Kier alpha value is -1.40. The first-order valence-electron chi connectivity index (χ1n) is 4.92. The van der Waals surface area contributed by atoms with Crippen molar-refractivity contribution in [1.29, 1.82) is 0 Å². The van der Waals surface area contributed by atoms with Gasteiger partial charge in [-0.25, -0.2) is 4.68 Å². The van der Waals surface area contributed by atoms with Gasteiger partial charge in [0.25, 0.3) is 0 Å². The number of aryl methyl sites for hydroxylation is 1. The van der Waals surface area contributed by atoms with Crippen molar-refractivity contribution in [3.63, 3.8) is 0 Å². The first-order valence-corrected chi connectivity index (χ1v) is 5.74. The molecule has 1 aromatic heterocycles. The Labute approximate surface area is 98.0 Å². The van der Waals surface area contributed by atoms with Gasteiger partial charge in [-0.1, -0.05) is 12.1 Å². The molecule has 6 heteroatoms. The van der Waals surface area contributed by atoms with E-state index >= 15 is 0 Å². The van der Waals surface area contributed by atoms with Crippen molar-refractivity contribution >= 4 is 11.8 Å². The summed E-state index contributed by atoms with van der Waals surface area (Å²) in [4.78, 5) is 1.10. The Balaban J connectivity index is 2.14. The molecule has 84 valence electrons. The summed E-state index contributed by atoms with van der Waals surface area (Å²) >= 11 is 1.53. The lowest BCUT2D eigenvalue weighted by Crippen LogP contribution is -2.04. The van der Waals surface area contributed by atoms with Crippen LogP contribution in [0.4, 0.5) is 0 Å². The summed E-state index contributed by atoms with van der Waals surface area (Å²) in [6.07, 6.45) is 0. The lowest BCUT2D eigenvalue weighted by molar-refractivity contribution is 0.664. The molecule has 16 heavy (non-hydrogen) atoms. The van der Waals surface area contributed by atoms with Gasteiger partial charge in [0, 0.05) is 18.0 Å². The molecule has 0 saturated heterocycles. The van der Waals surface area contributed by atoms with Crippen LogP contribution in [-0.2, 0) is 7.05 Å². The summed E-state index contributed by atoms with van der Waals surface area (Å²) < 4.78 is 1.64. The van der Waals surface area contributed by atoms with Crippen molar-refractivity contribution in [2.45, 2.75) is 23.0 Å². The van der Waals surface area contributed by atoms with Gasteiger partial charge in [0.2, 0.25) is 5.16 Å². The lowest BCUT2D eigenvalue weighted by Gasteiger charge is -2.05. The molecule has 2 N–H and O–H groups in total. The molecule has 2 aromatic rings. The predicted molar refractivity (Wildman–Crippen MR) is 62.0 cm³/mol. The van der Waals surface area contributed by atoms with E-state index < -0.39 is 0 Å². The van der Waals surface area contributed by atoms with Crippen LogP contribution in [0.5, 0.6) is 0 Å². The molecule has 0 bridgehead atoms. The third-order valence-corrected chi connectivity index (χ3v) is 3.23. The number of hydrogen-bond donors (Lipinski definition) is 1. The van der Waals surface area contributed by atoms with E-state index in [0.29, 0.717) is 0 Å². The van der Waals surface area contributed by atoms with E-state index in [2.05, 4.69) is 15.5 Å². The summed E-state index contributed by atoms with van der Waals surface area (Å²) in [7, 11) is 1.82. The quantitative estimate of drug-likeness (QED) is 0.870. The molecule has 0 saturated carbocycles. The minimum atomic E-state index is 0.0653. The van der Waals surface area contributed by atoms with Crippen molar-refractivity contribution in [3.05, 3.63) is 29.8 Å². The highest BCUT2D eigenvalue weighted by molar-refractivity contribution is 7.99. The summed E-state index contributed by atoms with van der Waals surface area (Å²) in [5.41, 5.74) is 6.91. The van der Waals surface area contributed by atoms with E-state index in [1.807, 2.05) is 38.2 Å². The van der Waals surface area contributed by atoms with Gasteiger partial charge in [0.05, 0.1) is 0 Å². The Morgan fingerprint density at radius 3 is 2.50 bits per heavy atom. The molecule has 0 fully saturated rings. The normalized spacial score (nSPS) is 12.7. The molecule has 2 rings (SSSR count). The Bertz CT molecular complexity index is 462. The van der Waals surface area contributed by atoms with E-state index in [0.717, 1.165) is 15.6 Å². The fraction of sp³-hybridized carbons (Fsp3) is 0.300. The van der Waals surface area contributed by atoms with E-state index in [1.54, 1.807) is 4.68 Å². The zero-order valence-electron chi connectivity index (χ0n) is 9.16. The zero-order valence-corrected chi connectivity index (χ0v) is 9.98. The first kappa shape index (κ1) is 11.1. The molecule has 1 aromatic carbocycles. The van der Waals surface area contributed by atoms with Crippen molar-refractivity contribution in [1.82, 2.24) is 20.2 Å². The van der Waals surface area contributed by atoms with Gasteiger partial charge >= 0.3 is 0 Å². The minimum Gasteiger partial charge on any atom is -0.324 e. The highest BCUT2D eigenvalue weighted by atomic mass is 32.2. The molecule has 0 spiro atoms. The second-order valence-electron chi connectivity index (χ2n) is 3.54. The van der Waals surface area contributed by atoms with E-state index in [4.69, 9.17) is 5.73 Å². The number of rotatable bonds is 3. The van der Waals surface area contributed by atoms with Crippen LogP contribution in [0, 0.1) is 0 Å². The van der Waals surface area contributed by atoms with Gasteiger partial charge in [-0.2, -0.15) is 0 Å². The topological polar surface area (TPSA) is 69.6 Å². The zero-order chi connectivity index (χ0) is 11.5. The number of aromatic nitrogens is 4. The van der Waals surface area contributed by atoms with Gasteiger partial charge in [-0.15, -0.1) is 5.10 Å². The first-order chi connectivity index (χ1) is 7.66. The van der Waals surface area contributed by atoms with Gasteiger partial charge in [0.1, 0.15) is 0 Å². The maximum absolute atomic E-state index is 5.78. The fourth-order valence-electron chi connectivity index (χ4n) is 1.25. The summed E-state index contributed by atoms with van der Waals surface area (Å²) in [6, 6.07) is 8.17. The summed E-state index contributed by atoms with van der Waals surface area (Å²) in [6.45, 7) is 1.97. The molecule has 0 radical (unpaired) electrons. The van der Waals surface area contributed by atoms with Gasteiger partial charge < -0.3 is 5.73 Å². The van der Waals surface area contributed by atoms with Crippen LogP contribution < -0.4 is 5.73 Å². The number of nitrogens with zero attached hydrogens (tertiary/aromatic N) is 4. The summed E-state index contributed by atoms with van der Waals surface area (Å²) in [5.74, 6) is 0. The average molecular weight is 235 g/mol. The van der Waals surface area contributed by atoms with Crippen LogP contribution in [0.15, 0.2) is 34.3 Å². The maximum Gasteiger partial charge on any atom is 0.213 e. The molecule has 0 unspecified atom stereocenters. The van der Waals surface area contributed by atoms with Crippen molar-refractivity contribution < 1.29 is 0 Å². The van der Waals surface area contributed by atoms with E-state index in [1.165, 1.54) is 11.8 Å². The second kappa shape index (κ2) is 4.63. The van der Waals surface area contributed by atoms with Crippen LogP contribution >= 0.6 is 11.8 Å². The van der Waals surface area contributed by atoms with Crippen LogP contribution in [0.2, 0.25) is 0 Å². The third kappa shape index (κ3) is 2.40. The molecular weight excluding hydrogens is 222 g/mol. The fourth-order valence-corrected chi connectivity index (χ4v) is 1.98. The average Bonchev–Trinajstić information content (AvgIpc) is 2.65. The molecule has 1 heterocycles. The van der Waals surface area contributed by atoms with Crippen molar-refractivity contribution in [3.8, 4) is 0 Å². The Morgan fingerprint density at radius 1 is 1.31 bits per heavy atom. The molecule has 0 amide bonds. The number of hydrogen-bond acceptors (Lipinski definition) is 5. The van der Waals surface area contributed by atoms with Crippen molar-refractivity contribution in [2.75, 3.05) is 0 Å². The Morgan fingerprint density at radius 2 is 2.00 bits per heavy atom. The van der Waals surface area contributed by atoms with Crippen LogP contribution in [0.3, 0.4) is 0 Å². The SMILES string of the molecule is C[C@@H](N)c1ccc(Sc2nnnn2C)cc1. The monoisotopic (exact) mass is 235 g/mol. The third-order valence-electron chi connectivity index (χ3n) is 2.20. The van der Waals surface area contributed by atoms with E-state index in [9.17, 15) is 0 Å². The highest BCUT2D eigenvalue weighted by Gasteiger charge is 2.05. The Kier molecular flexibility index (Phi) is 3.21. The number of tetrazole rings is 1. The van der Waals surface area contributed by atoms with Gasteiger partial charge in [-0.05, 0) is 46.8 Å². The highest BCUT2D eigenvalue weighted by Crippen LogP contribution is 2.25. The van der Waals surface area contributed by atoms with Gasteiger partial charge in [0.15, 0.2) is 0 Å². The largest absolute Gasteiger partial charge is 0.324 e. The van der Waals surface area contributed by atoms with Crippen LogP contribution in [-0.4, -0.2) is 20.2 Å². The number of nitrogens with two attached hydrogens (primary N) is 1. The lowest BCUT2D eigenvalue weighted by atomic mass is 10.1. The predicted octanol–water partition coefficient (Wildman–Crippen LogP) is 1.38. The van der Waals surface area contributed by atoms with E-state index in [-0.39, 0.29) is 6.04 Å². The van der Waals surface area contributed by atoms with Gasteiger partial charge in [-0.3, -0.25) is 0 Å². The van der Waals surface area contributed by atoms with Crippen molar-refractivity contribution in [2.24, 2.45) is 12.8 Å².